The number of carbonyl (C=O) groups excluding carboxylic acids is 1. The molecule has 128 valence electrons. The Labute approximate surface area is 131 Å². The van der Waals surface area contributed by atoms with Gasteiger partial charge in [0.05, 0.1) is 23.4 Å². The molecule has 0 bridgehead atoms. The van der Waals surface area contributed by atoms with Gasteiger partial charge in [0.15, 0.2) is 5.82 Å². The molecule has 0 aliphatic carbocycles. The predicted molar refractivity (Wildman–Crippen MR) is 70.4 cm³/mol. The molecule has 0 unspecified atom stereocenters. The lowest BCUT2D eigenvalue weighted by Gasteiger charge is -2.14. The third-order valence-electron chi connectivity index (χ3n) is 2.93. The molecule has 1 aromatic heterocycles. The number of benzene rings is 1. The van der Waals surface area contributed by atoms with Crippen LogP contribution in [0.5, 0.6) is 0 Å². The monoisotopic (exact) mass is 349 g/mol. The van der Waals surface area contributed by atoms with Crippen LogP contribution in [-0.2, 0) is 23.7 Å². The van der Waals surface area contributed by atoms with Crippen molar-refractivity contribution < 1.29 is 31.1 Å². The summed E-state index contributed by atoms with van der Waals surface area (Å²) < 4.78 is 77.0. The largest absolute Gasteiger partial charge is 0.416 e. The van der Waals surface area contributed by atoms with Gasteiger partial charge >= 0.3 is 12.4 Å². The molecule has 10 heteroatoms. The molecule has 0 fully saturated rings. The summed E-state index contributed by atoms with van der Waals surface area (Å²) in [7, 11) is 0. The van der Waals surface area contributed by atoms with Crippen molar-refractivity contribution in [3.8, 4) is 11.4 Å². The molecule has 0 aliphatic heterocycles. The molecule has 2 aromatic rings. The summed E-state index contributed by atoms with van der Waals surface area (Å²) in [5, 5.41) is 2.28. The highest BCUT2D eigenvalue weighted by Gasteiger charge is 2.37. The van der Waals surface area contributed by atoms with Crippen molar-refractivity contribution in [2.75, 3.05) is 0 Å². The molecular formula is C14H9F6N3O. The van der Waals surface area contributed by atoms with Crippen LogP contribution in [0, 0.1) is 0 Å². The zero-order valence-electron chi connectivity index (χ0n) is 11.7. The Balaban J connectivity index is 2.55. The van der Waals surface area contributed by atoms with E-state index in [1.807, 2.05) is 0 Å². The molecule has 1 amide bonds. The summed E-state index contributed by atoms with van der Waals surface area (Å²) in [5.41, 5.74) is -3.09. The van der Waals surface area contributed by atoms with Crippen LogP contribution >= 0.6 is 0 Å². The second-order valence-electron chi connectivity index (χ2n) is 4.66. The van der Waals surface area contributed by atoms with E-state index < -0.39 is 29.0 Å². The van der Waals surface area contributed by atoms with Crippen molar-refractivity contribution >= 4 is 6.41 Å². The first-order valence-corrected chi connectivity index (χ1v) is 6.40. The van der Waals surface area contributed by atoms with Gasteiger partial charge in [-0.25, -0.2) is 9.97 Å². The van der Waals surface area contributed by atoms with Gasteiger partial charge in [-0.15, -0.1) is 0 Å². The van der Waals surface area contributed by atoms with Crippen molar-refractivity contribution in [2.45, 2.75) is 18.9 Å². The quantitative estimate of drug-likeness (QED) is 0.680. The van der Waals surface area contributed by atoms with E-state index in [-0.39, 0.29) is 24.1 Å². The topological polar surface area (TPSA) is 54.9 Å². The lowest BCUT2D eigenvalue weighted by atomic mass is 10.0. The fourth-order valence-corrected chi connectivity index (χ4v) is 1.86. The number of amides is 1. The van der Waals surface area contributed by atoms with Gasteiger partial charge in [-0.2, -0.15) is 26.3 Å². The van der Waals surface area contributed by atoms with Gasteiger partial charge in [0, 0.05) is 11.8 Å². The fraction of sp³-hybridized carbons (Fsp3) is 0.214. The highest BCUT2D eigenvalue weighted by Crippen LogP contribution is 2.37. The Bertz CT molecular complexity index is 710. The van der Waals surface area contributed by atoms with Crippen molar-refractivity contribution in [1.82, 2.24) is 15.3 Å². The van der Waals surface area contributed by atoms with Gasteiger partial charge in [0.2, 0.25) is 6.41 Å². The average molecular weight is 349 g/mol. The van der Waals surface area contributed by atoms with E-state index in [9.17, 15) is 31.1 Å². The zero-order chi connectivity index (χ0) is 18.0. The number of rotatable bonds is 4. The lowest BCUT2D eigenvalue weighted by Crippen LogP contribution is -2.13. The van der Waals surface area contributed by atoms with Crippen LogP contribution in [0.1, 0.15) is 16.8 Å². The molecule has 0 atom stereocenters. The Morgan fingerprint density at radius 2 is 1.58 bits per heavy atom. The van der Waals surface area contributed by atoms with E-state index in [0.717, 1.165) is 0 Å². The maximum atomic E-state index is 12.8. The Hall–Kier alpha value is -2.65. The van der Waals surface area contributed by atoms with Crippen molar-refractivity contribution in [2.24, 2.45) is 0 Å². The number of carbonyl (C=O) groups is 1. The molecule has 1 heterocycles. The second kappa shape index (κ2) is 6.46. The van der Waals surface area contributed by atoms with Crippen molar-refractivity contribution in [1.29, 1.82) is 0 Å². The molecule has 0 saturated carbocycles. The first-order valence-electron chi connectivity index (χ1n) is 6.40. The normalized spacial score (nSPS) is 12.1. The van der Waals surface area contributed by atoms with E-state index >= 15 is 0 Å². The first-order chi connectivity index (χ1) is 11.1. The van der Waals surface area contributed by atoms with Crippen LogP contribution in [0.3, 0.4) is 0 Å². The van der Waals surface area contributed by atoms with E-state index in [1.54, 1.807) is 0 Å². The van der Waals surface area contributed by atoms with Crippen LogP contribution in [0.15, 0.2) is 30.5 Å². The van der Waals surface area contributed by atoms with E-state index in [4.69, 9.17) is 0 Å². The highest BCUT2D eigenvalue weighted by molar-refractivity contribution is 5.58. The smallest absolute Gasteiger partial charge is 0.353 e. The second-order valence-corrected chi connectivity index (χ2v) is 4.66. The van der Waals surface area contributed by atoms with E-state index in [0.29, 0.717) is 18.5 Å². The van der Waals surface area contributed by atoms with E-state index in [1.165, 1.54) is 12.3 Å². The summed E-state index contributed by atoms with van der Waals surface area (Å²) >= 11 is 0. The standard InChI is InChI=1S/C14H9F6N3O/c15-13(16,17)9-3-8(4-10(5-9)14(18,19)20)12-22-2-1-11(23-12)6-21-7-24/h1-5,7H,6H2,(H,21,24). The number of nitrogens with zero attached hydrogens (tertiary/aromatic N) is 2. The zero-order valence-corrected chi connectivity index (χ0v) is 11.7. The highest BCUT2D eigenvalue weighted by atomic mass is 19.4. The molecular weight excluding hydrogens is 340 g/mol. The average Bonchev–Trinajstić information content (AvgIpc) is 2.51. The molecule has 1 aromatic carbocycles. The summed E-state index contributed by atoms with van der Waals surface area (Å²) in [6, 6.07) is 2.49. The molecule has 0 radical (unpaired) electrons. The molecule has 0 spiro atoms. The van der Waals surface area contributed by atoms with Crippen molar-refractivity contribution in [3.63, 3.8) is 0 Å². The van der Waals surface area contributed by atoms with Gasteiger partial charge in [0.25, 0.3) is 0 Å². The molecule has 0 saturated heterocycles. The lowest BCUT2D eigenvalue weighted by molar-refractivity contribution is -0.143. The van der Waals surface area contributed by atoms with Gasteiger partial charge in [-0.05, 0) is 24.3 Å². The maximum absolute atomic E-state index is 12.8. The third-order valence-corrected chi connectivity index (χ3v) is 2.93. The van der Waals surface area contributed by atoms with Crippen molar-refractivity contribution in [3.05, 3.63) is 47.3 Å². The molecule has 0 aliphatic rings. The minimum atomic E-state index is -4.95. The van der Waals surface area contributed by atoms with Gasteiger partial charge in [0.1, 0.15) is 0 Å². The number of hydrogen-bond acceptors (Lipinski definition) is 3. The third kappa shape index (κ3) is 4.21. The first kappa shape index (κ1) is 17.7. The number of aromatic nitrogens is 2. The number of alkyl halides is 6. The Morgan fingerprint density at radius 3 is 2.08 bits per heavy atom. The van der Waals surface area contributed by atoms with E-state index in [2.05, 4.69) is 15.3 Å². The number of hydrogen-bond donors (Lipinski definition) is 1. The van der Waals surface area contributed by atoms with Gasteiger partial charge < -0.3 is 5.32 Å². The maximum Gasteiger partial charge on any atom is 0.416 e. The number of nitrogens with one attached hydrogen (secondary N) is 1. The summed E-state index contributed by atoms with van der Waals surface area (Å²) in [4.78, 5) is 17.8. The van der Waals surface area contributed by atoms with Gasteiger partial charge in [-0.1, -0.05) is 0 Å². The summed E-state index contributed by atoms with van der Waals surface area (Å²) in [6.07, 6.45) is -8.34. The van der Waals surface area contributed by atoms with Crippen LogP contribution in [0.2, 0.25) is 0 Å². The van der Waals surface area contributed by atoms with Crippen LogP contribution in [-0.4, -0.2) is 16.4 Å². The van der Waals surface area contributed by atoms with Gasteiger partial charge in [-0.3, -0.25) is 4.79 Å². The Kier molecular flexibility index (Phi) is 4.76. The molecule has 2 rings (SSSR count). The minimum Gasteiger partial charge on any atom is -0.353 e. The summed E-state index contributed by atoms with van der Waals surface area (Å²) in [6.45, 7) is -0.0376. The van der Waals surface area contributed by atoms with Crippen LogP contribution < -0.4 is 5.32 Å². The molecule has 1 N–H and O–H groups in total. The van der Waals surface area contributed by atoms with Crippen LogP contribution in [0.25, 0.3) is 11.4 Å². The minimum absolute atomic E-state index is 0.0291. The van der Waals surface area contributed by atoms with Crippen LogP contribution in [0.4, 0.5) is 26.3 Å². The predicted octanol–water partition coefficient (Wildman–Crippen LogP) is 3.43. The SMILES string of the molecule is O=CNCc1ccnc(-c2cc(C(F)(F)F)cc(C(F)(F)F)c2)n1. The molecule has 4 nitrogen and oxygen atoms in total. The fourth-order valence-electron chi connectivity index (χ4n) is 1.86. The molecule has 24 heavy (non-hydrogen) atoms. The summed E-state index contributed by atoms with van der Waals surface area (Å²) in [5.74, 6) is -0.309. The Morgan fingerprint density at radius 1 is 1.00 bits per heavy atom. The number of halogens is 6.